The quantitative estimate of drug-likeness (QED) is 0.202. The van der Waals surface area contributed by atoms with Gasteiger partial charge in [0.15, 0.2) is 0 Å². The fourth-order valence-electron chi connectivity index (χ4n) is 3.55. The van der Waals surface area contributed by atoms with Crippen molar-refractivity contribution in [2.45, 2.75) is 10.6 Å². The van der Waals surface area contributed by atoms with Crippen LogP contribution in [0.2, 0.25) is 0 Å². The largest absolute Gasteiger partial charge is 0.456 e. The van der Waals surface area contributed by atoms with Crippen LogP contribution in [0.4, 0.5) is 0 Å². The zero-order chi connectivity index (χ0) is 20.9. The summed E-state index contributed by atoms with van der Waals surface area (Å²) >= 11 is 1.87. The van der Waals surface area contributed by atoms with E-state index in [0.717, 1.165) is 28.0 Å². The van der Waals surface area contributed by atoms with E-state index in [4.69, 9.17) is 4.42 Å². The third-order valence-electron chi connectivity index (χ3n) is 5.23. The summed E-state index contributed by atoms with van der Waals surface area (Å²) in [7, 11) is 0. The highest BCUT2D eigenvalue weighted by atomic mass is 32.2. The molecule has 1 nitrogen and oxygen atoms in total. The van der Waals surface area contributed by atoms with Crippen LogP contribution in [0.3, 0.4) is 0 Å². The summed E-state index contributed by atoms with van der Waals surface area (Å²) in [5.74, 6) is 1.87. The summed E-state index contributed by atoms with van der Waals surface area (Å²) in [6.45, 7) is 0. The van der Waals surface area contributed by atoms with Crippen LogP contribution in [0.1, 0.15) is 16.7 Å². The van der Waals surface area contributed by atoms with Gasteiger partial charge in [-0.1, -0.05) is 103 Å². The molecule has 5 aromatic rings. The van der Waals surface area contributed by atoms with Crippen molar-refractivity contribution in [1.82, 2.24) is 0 Å². The van der Waals surface area contributed by atoms with Crippen LogP contribution in [-0.2, 0) is 5.75 Å². The highest BCUT2D eigenvalue weighted by Crippen LogP contribution is 2.29. The van der Waals surface area contributed by atoms with E-state index in [-0.39, 0.29) is 0 Å². The molecule has 4 aromatic carbocycles. The molecule has 1 aromatic heterocycles. The fourth-order valence-corrected chi connectivity index (χ4v) is 4.55. The van der Waals surface area contributed by atoms with E-state index in [1.54, 1.807) is 0 Å². The Morgan fingerprint density at radius 1 is 0.677 bits per heavy atom. The smallest absolute Gasteiger partial charge is 0.135 e. The first-order valence-electron chi connectivity index (χ1n) is 10.4. The average Bonchev–Trinajstić information content (AvgIpc) is 3.27. The Bertz CT molecular complexity index is 1280. The molecule has 31 heavy (non-hydrogen) atoms. The second kappa shape index (κ2) is 9.11. The van der Waals surface area contributed by atoms with Crippen molar-refractivity contribution in [3.05, 3.63) is 126 Å². The number of hydrogen-bond acceptors (Lipinski definition) is 2. The molecule has 0 radical (unpaired) electrons. The van der Waals surface area contributed by atoms with Crippen LogP contribution < -0.4 is 0 Å². The van der Waals surface area contributed by atoms with Gasteiger partial charge in [0.05, 0.1) is 0 Å². The topological polar surface area (TPSA) is 13.1 Å². The lowest BCUT2D eigenvalue weighted by Crippen LogP contribution is -1.83. The summed E-state index contributed by atoms with van der Waals surface area (Å²) in [5, 5.41) is 1.13. The first-order valence-corrected chi connectivity index (χ1v) is 11.4. The SMILES string of the molecule is C(=Cc1ccccc1SCc1ccccc1)c1ccc(-c2cc3ccccc3o2)cc1. The lowest BCUT2D eigenvalue weighted by Gasteiger charge is -2.06. The number of rotatable bonds is 6. The third kappa shape index (κ3) is 4.65. The van der Waals surface area contributed by atoms with Gasteiger partial charge in [-0.15, -0.1) is 11.8 Å². The van der Waals surface area contributed by atoms with Gasteiger partial charge in [0, 0.05) is 21.6 Å². The average molecular weight is 419 g/mol. The summed E-state index contributed by atoms with van der Waals surface area (Å²) in [5.41, 5.74) is 5.76. The summed E-state index contributed by atoms with van der Waals surface area (Å²) in [4.78, 5) is 1.29. The predicted molar refractivity (Wildman–Crippen MR) is 133 cm³/mol. The fraction of sp³-hybridized carbons (Fsp3) is 0.0345. The highest BCUT2D eigenvalue weighted by molar-refractivity contribution is 7.98. The van der Waals surface area contributed by atoms with Gasteiger partial charge in [0.25, 0.3) is 0 Å². The molecule has 0 spiro atoms. The molecule has 150 valence electrons. The standard InChI is InChI=1S/C29H22OS/c1-2-8-23(9-3-1)21-31-29-13-7-5-10-25(29)19-16-22-14-17-24(18-15-22)28-20-26-11-4-6-12-27(26)30-28/h1-20H,21H2. The summed E-state index contributed by atoms with van der Waals surface area (Å²) in [6, 6.07) is 37.9. The minimum Gasteiger partial charge on any atom is -0.456 e. The molecule has 0 atom stereocenters. The van der Waals surface area contributed by atoms with Gasteiger partial charge in [0.1, 0.15) is 11.3 Å². The number of furan rings is 1. The second-order valence-electron chi connectivity index (χ2n) is 7.42. The van der Waals surface area contributed by atoms with Crippen LogP contribution in [0, 0.1) is 0 Å². The lowest BCUT2D eigenvalue weighted by molar-refractivity contribution is 0.631. The Labute approximate surface area is 187 Å². The summed E-state index contributed by atoms with van der Waals surface area (Å²) < 4.78 is 5.98. The Kier molecular flexibility index (Phi) is 5.72. The Balaban J connectivity index is 1.31. The zero-order valence-electron chi connectivity index (χ0n) is 17.1. The highest BCUT2D eigenvalue weighted by Gasteiger charge is 2.05. The van der Waals surface area contributed by atoms with Gasteiger partial charge in [-0.25, -0.2) is 0 Å². The van der Waals surface area contributed by atoms with Crippen molar-refractivity contribution < 1.29 is 4.42 Å². The minimum absolute atomic E-state index is 0.902. The third-order valence-corrected chi connectivity index (χ3v) is 6.39. The van der Waals surface area contributed by atoms with E-state index < -0.39 is 0 Å². The molecular weight excluding hydrogens is 396 g/mol. The van der Waals surface area contributed by atoms with Crippen LogP contribution in [0.5, 0.6) is 0 Å². The van der Waals surface area contributed by atoms with Crippen LogP contribution in [-0.4, -0.2) is 0 Å². The van der Waals surface area contributed by atoms with E-state index in [1.165, 1.54) is 21.6 Å². The van der Waals surface area contributed by atoms with Crippen LogP contribution >= 0.6 is 11.8 Å². The van der Waals surface area contributed by atoms with E-state index in [9.17, 15) is 0 Å². The van der Waals surface area contributed by atoms with Crippen LogP contribution in [0.15, 0.2) is 119 Å². The molecule has 0 fully saturated rings. The van der Waals surface area contributed by atoms with Crippen molar-refractivity contribution in [2.24, 2.45) is 0 Å². The Morgan fingerprint density at radius 3 is 2.26 bits per heavy atom. The van der Waals surface area contributed by atoms with Gasteiger partial charge in [0.2, 0.25) is 0 Å². The number of hydrogen-bond donors (Lipinski definition) is 0. The first-order chi connectivity index (χ1) is 15.3. The van der Waals surface area contributed by atoms with Crippen LogP contribution in [0.25, 0.3) is 34.4 Å². The van der Waals surface area contributed by atoms with Crippen molar-refractivity contribution in [3.8, 4) is 11.3 Å². The second-order valence-corrected chi connectivity index (χ2v) is 8.43. The molecule has 0 aliphatic carbocycles. The molecule has 0 amide bonds. The van der Waals surface area contributed by atoms with E-state index in [1.807, 2.05) is 30.0 Å². The number of thioether (sulfide) groups is 1. The Hall–Kier alpha value is -3.49. The van der Waals surface area contributed by atoms with E-state index >= 15 is 0 Å². The molecule has 2 heteroatoms. The number of fused-ring (bicyclic) bond motifs is 1. The van der Waals surface area contributed by atoms with Gasteiger partial charge < -0.3 is 4.42 Å². The van der Waals surface area contributed by atoms with Gasteiger partial charge in [-0.3, -0.25) is 0 Å². The maximum atomic E-state index is 5.98. The zero-order valence-corrected chi connectivity index (χ0v) is 17.9. The normalized spacial score (nSPS) is 11.4. The molecule has 0 bridgehead atoms. The van der Waals surface area contributed by atoms with Crippen molar-refractivity contribution >= 4 is 34.9 Å². The molecule has 0 unspecified atom stereocenters. The maximum absolute atomic E-state index is 5.98. The molecule has 0 aliphatic heterocycles. The van der Waals surface area contributed by atoms with E-state index in [2.05, 4.69) is 103 Å². The molecule has 0 saturated heterocycles. The maximum Gasteiger partial charge on any atom is 0.135 e. The van der Waals surface area contributed by atoms with E-state index in [0.29, 0.717) is 0 Å². The molecule has 0 N–H and O–H groups in total. The molecule has 5 rings (SSSR count). The van der Waals surface area contributed by atoms with Gasteiger partial charge in [-0.05, 0) is 34.9 Å². The number of benzene rings is 4. The molecule has 0 saturated carbocycles. The number of para-hydroxylation sites is 1. The van der Waals surface area contributed by atoms with Gasteiger partial charge in [-0.2, -0.15) is 0 Å². The predicted octanol–water partition coefficient (Wildman–Crippen LogP) is 8.56. The lowest BCUT2D eigenvalue weighted by atomic mass is 10.1. The van der Waals surface area contributed by atoms with Crippen molar-refractivity contribution in [1.29, 1.82) is 0 Å². The van der Waals surface area contributed by atoms with Gasteiger partial charge >= 0.3 is 0 Å². The van der Waals surface area contributed by atoms with Crippen molar-refractivity contribution in [3.63, 3.8) is 0 Å². The Morgan fingerprint density at radius 2 is 1.42 bits per heavy atom. The first kappa shape index (κ1) is 19.5. The monoisotopic (exact) mass is 418 g/mol. The van der Waals surface area contributed by atoms with Crippen molar-refractivity contribution in [2.75, 3.05) is 0 Å². The summed E-state index contributed by atoms with van der Waals surface area (Å²) in [6.07, 6.45) is 4.37. The molecule has 1 heterocycles. The minimum atomic E-state index is 0.902. The molecule has 0 aliphatic rings. The molecular formula is C29H22OS.